The molecular weight excluding hydrogens is 444 g/mol. The average Bonchev–Trinajstić information content (AvgIpc) is 2.87. The second kappa shape index (κ2) is 11.7. The number of hydrogen-bond donors (Lipinski definition) is 0. The number of methoxy groups -OCH3 is 2. The monoisotopic (exact) mass is 472 g/mol. The van der Waals surface area contributed by atoms with Gasteiger partial charge in [0.25, 0.3) is 0 Å². The molecule has 180 valence electrons. The van der Waals surface area contributed by atoms with Gasteiger partial charge in [0.2, 0.25) is 0 Å². The Kier molecular flexibility index (Phi) is 8.46. The van der Waals surface area contributed by atoms with Crippen molar-refractivity contribution in [2.75, 3.05) is 14.2 Å². The highest BCUT2D eigenvalue weighted by Crippen LogP contribution is 2.33. The molecule has 3 aromatic rings. The second-order valence-electron chi connectivity index (χ2n) is 7.83. The van der Waals surface area contributed by atoms with Gasteiger partial charge in [0, 0.05) is 12.2 Å². The van der Waals surface area contributed by atoms with E-state index in [2.05, 4.69) is 0 Å². The van der Waals surface area contributed by atoms with Crippen LogP contribution in [0.15, 0.2) is 66.7 Å². The molecule has 6 nitrogen and oxygen atoms in total. The molecule has 0 bridgehead atoms. The van der Waals surface area contributed by atoms with Gasteiger partial charge in [-0.1, -0.05) is 24.3 Å². The fourth-order valence-corrected chi connectivity index (χ4v) is 3.32. The van der Waals surface area contributed by atoms with Crippen molar-refractivity contribution in [3.8, 4) is 23.0 Å². The number of rotatable bonds is 8. The molecule has 6 heteroatoms. The van der Waals surface area contributed by atoms with Crippen molar-refractivity contribution in [3.63, 3.8) is 0 Å². The zero-order valence-electron chi connectivity index (χ0n) is 20.5. The van der Waals surface area contributed by atoms with Gasteiger partial charge in [-0.2, -0.15) is 0 Å². The minimum absolute atomic E-state index is 0.415. The maximum absolute atomic E-state index is 12.4. The van der Waals surface area contributed by atoms with Crippen molar-refractivity contribution < 1.29 is 28.5 Å². The molecule has 0 aromatic heterocycles. The lowest BCUT2D eigenvalue weighted by molar-refractivity contribution is -0.130. The van der Waals surface area contributed by atoms with Crippen LogP contribution < -0.4 is 18.9 Å². The highest BCUT2D eigenvalue weighted by molar-refractivity contribution is 5.90. The molecule has 0 amide bonds. The van der Waals surface area contributed by atoms with Gasteiger partial charge >= 0.3 is 11.9 Å². The molecule has 0 aliphatic heterocycles. The molecule has 0 spiro atoms. The largest absolute Gasteiger partial charge is 0.497 e. The molecule has 0 saturated carbocycles. The lowest BCUT2D eigenvalue weighted by Gasteiger charge is -2.15. The first-order chi connectivity index (χ1) is 16.8. The number of hydrogen-bond acceptors (Lipinski definition) is 6. The minimum Gasteiger partial charge on any atom is -0.497 e. The summed E-state index contributed by atoms with van der Waals surface area (Å²) in [6.07, 6.45) is 6.07. The third-order valence-corrected chi connectivity index (χ3v) is 5.45. The predicted octanol–water partition coefficient (Wildman–Crippen LogP) is 5.87. The summed E-state index contributed by atoms with van der Waals surface area (Å²) in [7, 11) is 3.19. The van der Waals surface area contributed by atoms with Crippen LogP contribution in [0.5, 0.6) is 23.0 Å². The van der Waals surface area contributed by atoms with Gasteiger partial charge in [-0.15, -0.1) is 0 Å². The minimum atomic E-state index is -0.505. The molecule has 3 aromatic carbocycles. The third kappa shape index (κ3) is 6.84. The van der Waals surface area contributed by atoms with E-state index in [0.29, 0.717) is 22.6 Å². The van der Waals surface area contributed by atoms with Crippen molar-refractivity contribution >= 4 is 24.1 Å². The second-order valence-corrected chi connectivity index (χ2v) is 7.83. The van der Waals surface area contributed by atoms with E-state index in [0.717, 1.165) is 28.2 Å². The van der Waals surface area contributed by atoms with Gasteiger partial charge in [0.1, 0.15) is 23.0 Å². The van der Waals surface area contributed by atoms with Gasteiger partial charge in [-0.25, -0.2) is 9.59 Å². The van der Waals surface area contributed by atoms with Crippen LogP contribution in [0.4, 0.5) is 0 Å². The molecule has 0 unspecified atom stereocenters. The summed E-state index contributed by atoms with van der Waals surface area (Å²) >= 11 is 0. The zero-order chi connectivity index (χ0) is 25.4. The van der Waals surface area contributed by atoms with E-state index in [1.54, 1.807) is 39.4 Å². The van der Waals surface area contributed by atoms with Gasteiger partial charge in [0.05, 0.1) is 14.2 Å². The van der Waals surface area contributed by atoms with Gasteiger partial charge in [-0.3, -0.25) is 0 Å². The normalized spacial score (nSPS) is 11.0. The quantitative estimate of drug-likeness (QED) is 0.232. The van der Waals surface area contributed by atoms with E-state index in [1.807, 2.05) is 62.4 Å². The van der Waals surface area contributed by atoms with Crippen molar-refractivity contribution in [3.05, 3.63) is 94.6 Å². The smallest absolute Gasteiger partial charge is 0.336 e. The van der Waals surface area contributed by atoms with E-state index in [1.165, 1.54) is 12.2 Å². The Hall–Kier alpha value is -4.32. The number of carbonyl (C=O) groups excluding carboxylic acids is 2. The molecule has 0 fully saturated rings. The van der Waals surface area contributed by atoms with E-state index in [-0.39, 0.29) is 0 Å². The molecule has 0 aliphatic carbocycles. The Morgan fingerprint density at radius 1 is 0.657 bits per heavy atom. The van der Waals surface area contributed by atoms with Crippen molar-refractivity contribution in [1.29, 1.82) is 0 Å². The van der Waals surface area contributed by atoms with Crippen molar-refractivity contribution in [1.82, 2.24) is 0 Å². The molecule has 0 saturated heterocycles. The van der Waals surface area contributed by atoms with Crippen molar-refractivity contribution in [2.45, 2.75) is 20.8 Å². The highest BCUT2D eigenvalue weighted by atomic mass is 16.5. The topological polar surface area (TPSA) is 71.1 Å². The maximum Gasteiger partial charge on any atom is 0.336 e. The summed E-state index contributed by atoms with van der Waals surface area (Å²) in [4.78, 5) is 24.8. The van der Waals surface area contributed by atoms with Crippen LogP contribution >= 0.6 is 0 Å². The lowest BCUT2D eigenvalue weighted by atomic mass is 10.0. The summed E-state index contributed by atoms with van der Waals surface area (Å²) in [6.45, 7) is 5.44. The number of benzene rings is 3. The summed E-state index contributed by atoms with van der Waals surface area (Å²) in [5.41, 5.74) is 3.80. The highest BCUT2D eigenvalue weighted by Gasteiger charge is 2.16. The number of carbonyl (C=O) groups is 2. The van der Waals surface area contributed by atoms with Crippen LogP contribution in [0.1, 0.15) is 27.8 Å². The summed E-state index contributed by atoms with van der Waals surface area (Å²) < 4.78 is 21.4. The van der Waals surface area contributed by atoms with E-state index >= 15 is 0 Å². The average molecular weight is 473 g/mol. The molecule has 0 heterocycles. The molecule has 0 aliphatic rings. The van der Waals surface area contributed by atoms with Crippen LogP contribution in [0.25, 0.3) is 12.2 Å². The van der Waals surface area contributed by atoms with Crippen LogP contribution in [-0.2, 0) is 9.59 Å². The fraction of sp³-hybridized carbons (Fsp3) is 0.172. The van der Waals surface area contributed by atoms with E-state index < -0.39 is 11.9 Å². The van der Waals surface area contributed by atoms with Crippen LogP contribution in [-0.4, -0.2) is 26.2 Å². The Labute approximate surface area is 205 Å². The standard InChI is InChI=1S/C29H28O6/c1-19-18-26(34-27(30)16-10-22-6-12-24(32-4)13-7-22)20(2)21(3)29(19)35-28(31)17-11-23-8-14-25(33-5)15-9-23/h6-18H,1-5H3/b16-10+,17-11+. The zero-order valence-corrected chi connectivity index (χ0v) is 20.5. The predicted molar refractivity (Wildman–Crippen MR) is 136 cm³/mol. The SMILES string of the molecule is COc1ccc(/C=C/C(=O)Oc2cc(C)c(OC(=O)/C=C/c3ccc(OC)cc3)c(C)c2C)cc1. The molecular formula is C29H28O6. The van der Waals surface area contributed by atoms with Gasteiger partial charge in [0.15, 0.2) is 0 Å². The molecule has 35 heavy (non-hydrogen) atoms. The van der Waals surface area contributed by atoms with Crippen LogP contribution in [0, 0.1) is 20.8 Å². The van der Waals surface area contributed by atoms with Crippen LogP contribution in [0.2, 0.25) is 0 Å². The summed E-state index contributed by atoms with van der Waals surface area (Å²) in [5.74, 6) is 1.33. The summed E-state index contributed by atoms with van der Waals surface area (Å²) in [5, 5.41) is 0. The van der Waals surface area contributed by atoms with E-state index in [9.17, 15) is 9.59 Å². The Morgan fingerprint density at radius 3 is 1.57 bits per heavy atom. The number of aryl methyl sites for hydroxylation is 1. The maximum atomic E-state index is 12.4. The first-order valence-electron chi connectivity index (χ1n) is 11.0. The van der Waals surface area contributed by atoms with Gasteiger partial charge < -0.3 is 18.9 Å². The van der Waals surface area contributed by atoms with E-state index in [4.69, 9.17) is 18.9 Å². The Bertz CT molecular complexity index is 1250. The molecule has 3 rings (SSSR count). The molecule has 0 radical (unpaired) electrons. The first kappa shape index (κ1) is 25.3. The number of esters is 2. The fourth-order valence-electron chi connectivity index (χ4n) is 3.32. The van der Waals surface area contributed by atoms with Crippen LogP contribution in [0.3, 0.4) is 0 Å². The Morgan fingerprint density at radius 2 is 1.11 bits per heavy atom. The Balaban J connectivity index is 1.67. The number of ether oxygens (including phenoxy) is 4. The lowest BCUT2D eigenvalue weighted by Crippen LogP contribution is -2.10. The van der Waals surface area contributed by atoms with Gasteiger partial charge in [-0.05, 0) is 91.1 Å². The first-order valence-corrected chi connectivity index (χ1v) is 11.0. The summed E-state index contributed by atoms with van der Waals surface area (Å²) in [6, 6.07) is 16.3. The third-order valence-electron chi connectivity index (χ3n) is 5.45. The molecule has 0 N–H and O–H groups in total. The van der Waals surface area contributed by atoms with Crippen molar-refractivity contribution in [2.24, 2.45) is 0 Å². The molecule has 0 atom stereocenters.